The third-order valence-electron chi connectivity index (χ3n) is 2.89. The normalized spacial score (nSPS) is 11.2. The van der Waals surface area contributed by atoms with Gasteiger partial charge >= 0.3 is 11.9 Å². The predicted molar refractivity (Wildman–Crippen MR) is 71.7 cm³/mol. The predicted octanol–water partition coefficient (Wildman–Crippen LogP) is 2.33. The summed E-state index contributed by atoms with van der Waals surface area (Å²) < 4.78 is 15.4. The monoisotopic (exact) mass is 274 g/mol. The van der Waals surface area contributed by atoms with Crippen molar-refractivity contribution in [2.24, 2.45) is 5.41 Å². The summed E-state index contributed by atoms with van der Waals surface area (Å²) in [6.07, 6.45) is 1.41. The third kappa shape index (κ3) is 5.19. The van der Waals surface area contributed by atoms with E-state index in [2.05, 4.69) is 0 Å². The maximum atomic E-state index is 12.2. The fraction of sp³-hybridized carbons (Fsp3) is 0.857. The van der Waals surface area contributed by atoms with Crippen molar-refractivity contribution in [3.05, 3.63) is 0 Å². The van der Waals surface area contributed by atoms with E-state index in [1.807, 2.05) is 13.8 Å². The topological polar surface area (TPSA) is 61.8 Å². The maximum absolute atomic E-state index is 12.2. The van der Waals surface area contributed by atoms with Crippen LogP contribution < -0.4 is 0 Å². The van der Waals surface area contributed by atoms with Gasteiger partial charge in [0.05, 0.1) is 13.2 Å². The Balaban J connectivity index is 5.08. The van der Waals surface area contributed by atoms with E-state index in [0.29, 0.717) is 32.5 Å². The van der Waals surface area contributed by atoms with Gasteiger partial charge in [-0.05, 0) is 33.6 Å². The van der Waals surface area contributed by atoms with Gasteiger partial charge in [-0.3, -0.25) is 9.59 Å². The van der Waals surface area contributed by atoms with Crippen molar-refractivity contribution in [3.8, 4) is 0 Å². The lowest BCUT2D eigenvalue weighted by atomic mass is 9.80. The summed E-state index contributed by atoms with van der Waals surface area (Å²) in [5, 5.41) is 0. The Labute approximate surface area is 115 Å². The van der Waals surface area contributed by atoms with Crippen LogP contribution >= 0.6 is 0 Å². The summed E-state index contributed by atoms with van der Waals surface area (Å²) in [4.78, 5) is 24.4. The number of hydrogen-bond donors (Lipinski definition) is 0. The van der Waals surface area contributed by atoms with Crippen LogP contribution in [-0.4, -0.2) is 38.4 Å². The van der Waals surface area contributed by atoms with Crippen LogP contribution in [0, 0.1) is 5.41 Å². The van der Waals surface area contributed by atoms with Crippen LogP contribution in [0.3, 0.4) is 0 Å². The molecule has 0 aromatic rings. The van der Waals surface area contributed by atoms with Crippen LogP contribution in [0.5, 0.6) is 0 Å². The lowest BCUT2D eigenvalue weighted by Gasteiger charge is -2.28. The molecule has 5 nitrogen and oxygen atoms in total. The van der Waals surface area contributed by atoms with Crippen molar-refractivity contribution in [2.45, 2.75) is 47.0 Å². The minimum Gasteiger partial charge on any atom is -0.465 e. The Hall–Kier alpha value is -1.10. The zero-order chi connectivity index (χ0) is 14.7. The van der Waals surface area contributed by atoms with Gasteiger partial charge in [-0.15, -0.1) is 0 Å². The van der Waals surface area contributed by atoms with Crippen molar-refractivity contribution in [3.63, 3.8) is 0 Å². The van der Waals surface area contributed by atoms with Crippen molar-refractivity contribution in [1.82, 2.24) is 0 Å². The van der Waals surface area contributed by atoms with Gasteiger partial charge in [0.1, 0.15) is 0 Å². The van der Waals surface area contributed by atoms with E-state index in [0.717, 1.165) is 0 Å². The first-order valence-electron chi connectivity index (χ1n) is 7.01. The number of ether oxygens (including phenoxy) is 3. The molecule has 0 aliphatic rings. The van der Waals surface area contributed by atoms with E-state index < -0.39 is 17.4 Å². The molecule has 0 aromatic heterocycles. The van der Waals surface area contributed by atoms with Crippen molar-refractivity contribution in [1.29, 1.82) is 0 Å². The molecule has 0 fully saturated rings. The molecule has 0 heterocycles. The Morgan fingerprint density at radius 2 is 1.37 bits per heavy atom. The van der Waals surface area contributed by atoms with Crippen molar-refractivity contribution < 1.29 is 23.8 Å². The highest BCUT2D eigenvalue weighted by Crippen LogP contribution is 2.32. The summed E-state index contributed by atoms with van der Waals surface area (Å²) in [5.74, 6) is -1.01. The van der Waals surface area contributed by atoms with Gasteiger partial charge in [0.25, 0.3) is 0 Å². The lowest BCUT2D eigenvalue weighted by Crippen LogP contribution is -2.43. The van der Waals surface area contributed by atoms with Crippen LogP contribution in [0.2, 0.25) is 0 Å². The summed E-state index contributed by atoms with van der Waals surface area (Å²) in [5.41, 5.74) is -1.23. The summed E-state index contributed by atoms with van der Waals surface area (Å²) in [6.45, 7) is 8.63. The van der Waals surface area contributed by atoms with Gasteiger partial charge in [-0.1, -0.05) is 13.3 Å². The highest BCUT2D eigenvalue weighted by atomic mass is 16.6. The molecule has 0 spiro atoms. The van der Waals surface area contributed by atoms with Crippen molar-refractivity contribution >= 4 is 11.9 Å². The molecular formula is C14H26O5. The first-order valence-corrected chi connectivity index (χ1v) is 7.01. The molecule has 0 saturated carbocycles. The van der Waals surface area contributed by atoms with E-state index in [-0.39, 0.29) is 13.2 Å². The molecular weight excluding hydrogens is 248 g/mol. The molecule has 0 aromatic carbocycles. The molecule has 19 heavy (non-hydrogen) atoms. The molecule has 0 saturated heterocycles. The summed E-state index contributed by atoms with van der Waals surface area (Å²) in [7, 11) is 0. The van der Waals surface area contributed by atoms with E-state index in [1.165, 1.54) is 0 Å². The molecule has 112 valence electrons. The number of carbonyl (C=O) groups excluding carboxylic acids is 2. The van der Waals surface area contributed by atoms with Crippen LogP contribution in [0.4, 0.5) is 0 Å². The molecule has 0 radical (unpaired) electrons. The SMILES string of the molecule is CCCC(CCOCC)(C(=O)OCC)C(=O)OCC. The van der Waals surface area contributed by atoms with Crippen LogP contribution in [0.25, 0.3) is 0 Å². The quantitative estimate of drug-likeness (QED) is 0.347. The highest BCUT2D eigenvalue weighted by Gasteiger charge is 2.47. The Morgan fingerprint density at radius 3 is 1.74 bits per heavy atom. The molecule has 0 atom stereocenters. The summed E-state index contributed by atoms with van der Waals surface area (Å²) in [6, 6.07) is 0. The molecule has 0 aliphatic carbocycles. The zero-order valence-electron chi connectivity index (χ0n) is 12.5. The second kappa shape index (κ2) is 9.78. The van der Waals surface area contributed by atoms with E-state index in [9.17, 15) is 9.59 Å². The Kier molecular flexibility index (Phi) is 9.21. The van der Waals surface area contributed by atoms with Gasteiger partial charge in [-0.2, -0.15) is 0 Å². The number of hydrogen-bond acceptors (Lipinski definition) is 5. The fourth-order valence-corrected chi connectivity index (χ4v) is 1.97. The van der Waals surface area contributed by atoms with Crippen LogP contribution in [0.15, 0.2) is 0 Å². The Morgan fingerprint density at radius 1 is 0.842 bits per heavy atom. The highest BCUT2D eigenvalue weighted by molar-refractivity contribution is 6.00. The molecule has 5 heteroatoms. The van der Waals surface area contributed by atoms with E-state index in [1.54, 1.807) is 13.8 Å². The minimum atomic E-state index is -1.23. The maximum Gasteiger partial charge on any atom is 0.323 e. The number of rotatable bonds is 10. The van der Waals surface area contributed by atoms with E-state index in [4.69, 9.17) is 14.2 Å². The number of esters is 2. The van der Waals surface area contributed by atoms with Gasteiger partial charge < -0.3 is 14.2 Å². The molecule has 0 rings (SSSR count). The average molecular weight is 274 g/mol. The van der Waals surface area contributed by atoms with Gasteiger partial charge in [0, 0.05) is 13.2 Å². The second-order valence-electron chi connectivity index (χ2n) is 4.22. The van der Waals surface area contributed by atoms with E-state index >= 15 is 0 Å². The largest absolute Gasteiger partial charge is 0.465 e. The minimum absolute atomic E-state index is 0.248. The first kappa shape index (κ1) is 17.9. The lowest BCUT2D eigenvalue weighted by molar-refractivity contribution is -0.174. The fourth-order valence-electron chi connectivity index (χ4n) is 1.97. The molecule has 0 N–H and O–H groups in total. The first-order chi connectivity index (χ1) is 9.08. The van der Waals surface area contributed by atoms with Crippen LogP contribution in [-0.2, 0) is 23.8 Å². The summed E-state index contributed by atoms with van der Waals surface area (Å²) >= 11 is 0. The van der Waals surface area contributed by atoms with Crippen molar-refractivity contribution in [2.75, 3.05) is 26.4 Å². The number of carbonyl (C=O) groups is 2. The molecule has 0 bridgehead atoms. The molecule has 0 aliphatic heterocycles. The van der Waals surface area contributed by atoms with Crippen LogP contribution in [0.1, 0.15) is 47.0 Å². The average Bonchev–Trinajstić information content (AvgIpc) is 2.38. The van der Waals surface area contributed by atoms with Gasteiger partial charge in [0.2, 0.25) is 0 Å². The van der Waals surface area contributed by atoms with Gasteiger partial charge in [-0.25, -0.2) is 0 Å². The standard InChI is InChI=1S/C14H26O5/c1-5-9-14(10-11-17-6-2,12(15)18-7-3)13(16)19-8-4/h5-11H2,1-4H3. The van der Waals surface area contributed by atoms with Gasteiger partial charge in [0.15, 0.2) is 5.41 Å². The third-order valence-corrected chi connectivity index (χ3v) is 2.89. The molecule has 0 amide bonds. The smallest absolute Gasteiger partial charge is 0.323 e. The second-order valence-corrected chi connectivity index (χ2v) is 4.22. The zero-order valence-corrected chi connectivity index (χ0v) is 12.5. The molecule has 0 unspecified atom stereocenters. The Bertz CT molecular complexity index is 257.